The van der Waals surface area contributed by atoms with Gasteiger partial charge in [-0.3, -0.25) is 4.57 Å². The number of benzene rings is 2. The average molecular weight is 444 g/mol. The van der Waals surface area contributed by atoms with E-state index in [0.717, 1.165) is 66.3 Å². The number of hydrogen-bond acceptors (Lipinski definition) is 6. The van der Waals surface area contributed by atoms with Crippen LogP contribution in [-0.2, 0) is 17.9 Å². The summed E-state index contributed by atoms with van der Waals surface area (Å²) >= 11 is 0. The third-order valence-electron chi connectivity index (χ3n) is 6.16. The van der Waals surface area contributed by atoms with Crippen LogP contribution in [0.3, 0.4) is 0 Å². The maximum absolute atomic E-state index is 9.44. The van der Waals surface area contributed by atoms with E-state index in [9.17, 15) is 5.11 Å². The molecular weight excluding hydrogens is 414 g/mol. The molecule has 2 aromatic heterocycles. The van der Waals surface area contributed by atoms with Gasteiger partial charge in [-0.1, -0.05) is 54.1 Å². The molecule has 1 N–H and O–H groups in total. The van der Waals surface area contributed by atoms with Crippen LogP contribution in [0.15, 0.2) is 54.9 Å². The normalized spacial score (nSPS) is 16.3. The molecule has 1 saturated heterocycles. The Kier molecular flexibility index (Phi) is 6.07. The Labute approximate surface area is 193 Å². The van der Waals surface area contributed by atoms with Crippen LogP contribution in [0.1, 0.15) is 42.2 Å². The third kappa shape index (κ3) is 4.34. The van der Waals surface area contributed by atoms with Crippen molar-refractivity contribution in [3.05, 3.63) is 71.5 Å². The number of aliphatic hydroxyl groups excluding tert-OH is 1. The summed E-state index contributed by atoms with van der Waals surface area (Å²) in [5.74, 6) is 1.61. The van der Waals surface area contributed by atoms with Gasteiger partial charge in [-0.2, -0.15) is 0 Å². The zero-order valence-electron chi connectivity index (χ0n) is 19.1. The minimum Gasteiger partial charge on any atom is -0.392 e. The number of aromatic nitrogens is 4. The standard InChI is InChI=1S/C26H29N5O2/c1-18-6-5-7-20(14-18)15-30(2)25-23-26(28-17-27-25)31(22-8-3-4-13-33-22)24(29-23)21-11-9-19(16-32)10-12-21/h5-7,9-12,14,17,22,32H,3-4,8,13,15-16H2,1-2H3. The molecule has 7 heteroatoms. The SMILES string of the molecule is Cc1cccc(CN(C)c2ncnc3c2nc(-c2ccc(CO)cc2)n3C2CCCCO2)c1. The predicted molar refractivity (Wildman–Crippen MR) is 129 cm³/mol. The van der Waals surface area contributed by atoms with Crippen molar-refractivity contribution < 1.29 is 9.84 Å². The van der Waals surface area contributed by atoms with E-state index in [1.807, 2.05) is 31.3 Å². The van der Waals surface area contributed by atoms with E-state index >= 15 is 0 Å². The molecular formula is C26H29N5O2. The zero-order chi connectivity index (χ0) is 22.8. The molecule has 0 bridgehead atoms. The Morgan fingerprint density at radius 3 is 2.67 bits per heavy atom. The first-order chi connectivity index (χ1) is 16.1. The Morgan fingerprint density at radius 2 is 1.94 bits per heavy atom. The molecule has 4 aromatic rings. The van der Waals surface area contributed by atoms with Gasteiger partial charge in [-0.25, -0.2) is 15.0 Å². The summed E-state index contributed by atoms with van der Waals surface area (Å²) < 4.78 is 8.27. The fourth-order valence-corrected chi connectivity index (χ4v) is 4.50. The van der Waals surface area contributed by atoms with Gasteiger partial charge in [-0.05, 0) is 37.3 Å². The van der Waals surface area contributed by atoms with Gasteiger partial charge < -0.3 is 14.7 Å². The molecule has 1 aliphatic heterocycles. The summed E-state index contributed by atoms with van der Waals surface area (Å²) in [6.07, 6.45) is 4.61. The van der Waals surface area contributed by atoms with E-state index in [2.05, 4.69) is 50.6 Å². The second-order valence-corrected chi connectivity index (χ2v) is 8.70. The number of rotatable bonds is 6. The summed E-state index contributed by atoms with van der Waals surface area (Å²) in [4.78, 5) is 16.4. The van der Waals surface area contributed by atoms with Crippen LogP contribution in [0.5, 0.6) is 0 Å². The number of aliphatic hydroxyl groups is 1. The van der Waals surface area contributed by atoms with Crippen molar-refractivity contribution in [2.45, 2.75) is 45.6 Å². The van der Waals surface area contributed by atoms with Crippen LogP contribution in [0.25, 0.3) is 22.6 Å². The summed E-state index contributed by atoms with van der Waals surface area (Å²) in [6, 6.07) is 16.4. The maximum atomic E-state index is 9.44. The molecule has 0 radical (unpaired) electrons. The lowest BCUT2D eigenvalue weighted by atomic mass is 10.1. The van der Waals surface area contributed by atoms with E-state index in [-0.39, 0.29) is 12.8 Å². The van der Waals surface area contributed by atoms with Gasteiger partial charge in [0.25, 0.3) is 0 Å². The molecule has 33 heavy (non-hydrogen) atoms. The lowest BCUT2D eigenvalue weighted by Gasteiger charge is -2.25. The van der Waals surface area contributed by atoms with Crippen molar-refractivity contribution in [3.8, 4) is 11.4 Å². The number of hydrogen-bond donors (Lipinski definition) is 1. The van der Waals surface area contributed by atoms with Crippen molar-refractivity contribution in [3.63, 3.8) is 0 Å². The number of fused-ring (bicyclic) bond motifs is 1. The van der Waals surface area contributed by atoms with Crippen LogP contribution in [0.2, 0.25) is 0 Å². The van der Waals surface area contributed by atoms with Crippen LogP contribution < -0.4 is 4.90 Å². The fourth-order valence-electron chi connectivity index (χ4n) is 4.50. The van der Waals surface area contributed by atoms with Crippen molar-refractivity contribution >= 4 is 17.0 Å². The number of aryl methyl sites for hydroxylation is 1. The first kappa shape index (κ1) is 21.6. The van der Waals surface area contributed by atoms with Crippen LogP contribution in [-0.4, -0.2) is 38.3 Å². The van der Waals surface area contributed by atoms with Gasteiger partial charge in [0.15, 0.2) is 17.0 Å². The lowest BCUT2D eigenvalue weighted by Crippen LogP contribution is -2.20. The Morgan fingerprint density at radius 1 is 1.09 bits per heavy atom. The highest BCUT2D eigenvalue weighted by atomic mass is 16.5. The first-order valence-electron chi connectivity index (χ1n) is 11.5. The van der Waals surface area contributed by atoms with Crippen molar-refractivity contribution in [2.24, 2.45) is 0 Å². The topological polar surface area (TPSA) is 76.3 Å². The number of ether oxygens (including phenoxy) is 1. The quantitative estimate of drug-likeness (QED) is 0.468. The Hall–Kier alpha value is -3.29. The van der Waals surface area contributed by atoms with E-state index in [4.69, 9.17) is 9.72 Å². The number of imidazole rings is 1. The van der Waals surface area contributed by atoms with Crippen LogP contribution in [0, 0.1) is 6.92 Å². The molecule has 1 atom stereocenters. The molecule has 0 aliphatic carbocycles. The minimum atomic E-state index is -0.110. The molecule has 5 rings (SSSR count). The van der Waals surface area contributed by atoms with E-state index in [0.29, 0.717) is 0 Å². The second kappa shape index (κ2) is 9.29. The van der Waals surface area contributed by atoms with E-state index < -0.39 is 0 Å². The van der Waals surface area contributed by atoms with Gasteiger partial charge in [0.2, 0.25) is 0 Å². The van der Waals surface area contributed by atoms with E-state index in [1.165, 1.54) is 11.1 Å². The molecule has 1 aliphatic rings. The predicted octanol–water partition coefficient (Wildman–Crippen LogP) is 4.63. The van der Waals surface area contributed by atoms with Gasteiger partial charge in [0.1, 0.15) is 18.4 Å². The van der Waals surface area contributed by atoms with Gasteiger partial charge >= 0.3 is 0 Å². The van der Waals surface area contributed by atoms with Crippen molar-refractivity contribution in [2.75, 3.05) is 18.6 Å². The smallest absolute Gasteiger partial charge is 0.168 e. The molecule has 0 amide bonds. The Bertz CT molecular complexity index is 1250. The molecule has 3 heterocycles. The summed E-state index contributed by atoms with van der Waals surface area (Å²) in [7, 11) is 2.04. The van der Waals surface area contributed by atoms with Crippen molar-refractivity contribution in [1.82, 2.24) is 19.5 Å². The molecule has 1 unspecified atom stereocenters. The lowest BCUT2D eigenvalue weighted by molar-refractivity contribution is -0.0287. The van der Waals surface area contributed by atoms with Gasteiger partial charge in [-0.15, -0.1) is 0 Å². The molecule has 1 fully saturated rings. The minimum absolute atomic E-state index is 0.0157. The fraction of sp³-hybridized carbons (Fsp3) is 0.346. The van der Waals surface area contributed by atoms with Gasteiger partial charge in [0, 0.05) is 25.8 Å². The second-order valence-electron chi connectivity index (χ2n) is 8.70. The molecule has 0 spiro atoms. The first-order valence-corrected chi connectivity index (χ1v) is 11.5. The van der Waals surface area contributed by atoms with Crippen LogP contribution in [0.4, 0.5) is 5.82 Å². The maximum Gasteiger partial charge on any atom is 0.168 e. The van der Waals surface area contributed by atoms with Gasteiger partial charge in [0.05, 0.1) is 6.61 Å². The summed E-state index contributed by atoms with van der Waals surface area (Å²) in [6.45, 7) is 3.58. The van der Waals surface area contributed by atoms with Crippen LogP contribution >= 0.6 is 0 Å². The van der Waals surface area contributed by atoms with Crippen molar-refractivity contribution in [1.29, 1.82) is 0 Å². The Balaban J connectivity index is 1.61. The molecule has 7 nitrogen and oxygen atoms in total. The molecule has 2 aromatic carbocycles. The number of nitrogens with zero attached hydrogens (tertiary/aromatic N) is 5. The highest BCUT2D eigenvalue weighted by molar-refractivity contribution is 5.87. The zero-order valence-corrected chi connectivity index (χ0v) is 19.1. The highest BCUT2D eigenvalue weighted by Crippen LogP contribution is 2.35. The highest BCUT2D eigenvalue weighted by Gasteiger charge is 2.26. The largest absolute Gasteiger partial charge is 0.392 e. The molecule has 170 valence electrons. The number of anilines is 1. The molecule has 0 saturated carbocycles. The van der Waals surface area contributed by atoms with E-state index in [1.54, 1.807) is 6.33 Å². The monoisotopic (exact) mass is 443 g/mol. The average Bonchev–Trinajstić information content (AvgIpc) is 3.24. The summed E-state index contributed by atoms with van der Waals surface area (Å²) in [5, 5.41) is 9.44. The summed E-state index contributed by atoms with van der Waals surface area (Å²) in [5.41, 5.74) is 5.84. The third-order valence-corrected chi connectivity index (χ3v) is 6.16.